The molecule has 5 nitrogen and oxygen atoms in total. The molecule has 0 fully saturated rings. The summed E-state index contributed by atoms with van der Waals surface area (Å²) >= 11 is 0. The number of carbonyl (C=O) groups is 1. The van der Waals surface area contributed by atoms with E-state index in [2.05, 4.69) is 15.6 Å². The van der Waals surface area contributed by atoms with Crippen molar-refractivity contribution in [2.24, 2.45) is 0 Å². The number of hydrogen-bond donors (Lipinski definition) is 2. The topological polar surface area (TPSA) is 67.2 Å². The van der Waals surface area contributed by atoms with E-state index >= 15 is 0 Å². The van der Waals surface area contributed by atoms with Crippen molar-refractivity contribution in [2.75, 3.05) is 10.6 Å². The molecule has 1 aromatic heterocycles. The highest BCUT2D eigenvalue weighted by Crippen LogP contribution is 2.21. The molecule has 124 valence electrons. The number of hydrogen-bond acceptors (Lipinski definition) is 4. The molecule has 24 heavy (non-hydrogen) atoms. The van der Waals surface area contributed by atoms with Gasteiger partial charge in [-0.1, -0.05) is 6.07 Å². The number of halogens is 2. The normalized spacial score (nSPS) is 12.2. The fourth-order valence-corrected chi connectivity index (χ4v) is 2.30. The highest BCUT2D eigenvalue weighted by atomic mass is 19.1. The number of carbonyl (C=O) groups excluding carboxylic acids is 1. The van der Waals surface area contributed by atoms with Gasteiger partial charge in [-0.25, -0.2) is 13.8 Å². The van der Waals surface area contributed by atoms with Crippen molar-refractivity contribution in [2.45, 2.75) is 19.9 Å². The summed E-state index contributed by atoms with van der Waals surface area (Å²) in [5.41, 5.74) is 1.49. The molecule has 1 unspecified atom stereocenters. The van der Waals surface area contributed by atoms with E-state index in [-0.39, 0.29) is 0 Å². The van der Waals surface area contributed by atoms with Crippen molar-refractivity contribution in [3.8, 4) is 0 Å². The lowest BCUT2D eigenvalue weighted by Crippen LogP contribution is -2.32. The highest BCUT2D eigenvalue weighted by Gasteiger charge is 2.17. The second kappa shape index (κ2) is 6.27. The predicted molar refractivity (Wildman–Crippen MR) is 86.8 cm³/mol. The molecule has 0 aliphatic rings. The van der Waals surface area contributed by atoms with Gasteiger partial charge in [0.25, 0.3) is 0 Å². The van der Waals surface area contributed by atoms with Crippen LogP contribution in [-0.4, -0.2) is 16.9 Å². The van der Waals surface area contributed by atoms with Crippen LogP contribution in [0.1, 0.15) is 12.8 Å². The number of aromatic nitrogens is 1. The average Bonchev–Trinajstić information content (AvgIpc) is 2.90. The first-order chi connectivity index (χ1) is 11.4. The van der Waals surface area contributed by atoms with Crippen molar-refractivity contribution < 1.29 is 18.0 Å². The molecule has 2 N–H and O–H groups in total. The van der Waals surface area contributed by atoms with Crippen molar-refractivity contribution in [1.82, 2.24) is 4.98 Å². The van der Waals surface area contributed by atoms with Crippen LogP contribution in [0.5, 0.6) is 0 Å². The zero-order valence-electron chi connectivity index (χ0n) is 13.1. The summed E-state index contributed by atoms with van der Waals surface area (Å²) in [4.78, 5) is 16.4. The summed E-state index contributed by atoms with van der Waals surface area (Å²) in [5.74, 6) is -1.66. The molecule has 0 aliphatic heterocycles. The molecule has 1 amide bonds. The molecule has 1 atom stereocenters. The number of rotatable bonds is 4. The van der Waals surface area contributed by atoms with Gasteiger partial charge >= 0.3 is 0 Å². The third-order valence-corrected chi connectivity index (χ3v) is 3.48. The van der Waals surface area contributed by atoms with Gasteiger partial charge in [0, 0.05) is 12.6 Å². The van der Waals surface area contributed by atoms with E-state index in [1.54, 1.807) is 32.0 Å². The van der Waals surface area contributed by atoms with Crippen LogP contribution in [0.2, 0.25) is 0 Å². The van der Waals surface area contributed by atoms with Gasteiger partial charge in [-0.05, 0) is 37.3 Å². The molecule has 2 aromatic carbocycles. The third kappa shape index (κ3) is 3.19. The van der Waals surface area contributed by atoms with Crippen molar-refractivity contribution in [1.29, 1.82) is 0 Å². The van der Waals surface area contributed by atoms with Crippen LogP contribution >= 0.6 is 0 Å². The number of anilines is 2. The molecule has 1 heterocycles. The van der Waals surface area contributed by atoms with E-state index in [1.165, 1.54) is 6.07 Å². The molecule has 0 saturated carbocycles. The first-order valence-corrected chi connectivity index (χ1v) is 7.32. The lowest BCUT2D eigenvalue weighted by atomic mass is 10.2. The number of nitrogens with one attached hydrogen (secondary N) is 2. The lowest BCUT2D eigenvalue weighted by molar-refractivity contribution is -0.116. The van der Waals surface area contributed by atoms with E-state index in [9.17, 15) is 13.6 Å². The number of amides is 1. The van der Waals surface area contributed by atoms with Crippen LogP contribution in [0, 0.1) is 18.6 Å². The summed E-state index contributed by atoms with van der Waals surface area (Å²) in [6.45, 7) is 3.33. The van der Waals surface area contributed by atoms with Crippen LogP contribution in [-0.2, 0) is 4.79 Å². The van der Waals surface area contributed by atoms with Gasteiger partial charge in [0.2, 0.25) is 5.91 Å². The Balaban J connectivity index is 1.73. The standard InChI is InChI=1S/C17H15F2N3O2/c1-9(17(23)22-16-12(18)4-3-5-13(16)19)20-11-6-7-15-14(8-11)21-10(2)24-15/h3-9,20H,1-2H3,(H,22,23). The molecule has 3 rings (SSSR count). The van der Waals surface area contributed by atoms with Gasteiger partial charge in [-0.15, -0.1) is 0 Å². The van der Waals surface area contributed by atoms with Gasteiger partial charge in [-0.3, -0.25) is 4.79 Å². The quantitative estimate of drug-likeness (QED) is 0.762. The summed E-state index contributed by atoms with van der Waals surface area (Å²) in [5, 5.41) is 5.22. The van der Waals surface area contributed by atoms with Crippen molar-refractivity contribution >= 4 is 28.4 Å². The molecule has 3 aromatic rings. The molecular weight excluding hydrogens is 316 g/mol. The van der Waals surface area contributed by atoms with Crippen LogP contribution in [0.3, 0.4) is 0 Å². The maximum atomic E-state index is 13.6. The predicted octanol–water partition coefficient (Wildman–Crippen LogP) is 3.85. The first kappa shape index (κ1) is 15.9. The second-order valence-corrected chi connectivity index (χ2v) is 5.37. The maximum Gasteiger partial charge on any atom is 0.246 e. The number of benzene rings is 2. The molecule has 0 bridgehead atoms. The number of aryl methyl sites for hydroxylation is 1. The summed E-state index contributed by atoms with van der Waals surface area (Å²) in [7, 11) is 0. The zero-order valence-corrected chi connectivity index (χ0v) is 13.1. The van der Waals surface area contributed by atoms with Gasteiger partial charge in [-0.2, -0.15) is 0 Å². The Morgan fingerprint density at radius 2 is 1.92 bits per heavy atom. The minimum atomic E-state index is -0.824. The minimum absolute atomic E-state index is 0.460. The van der Waals surface area contributed by atoms with Gasteiger partial charge in [0.15, 0.2) is 11.5 Å². The van der Waals surface area contributed by atoms with Gasteiger partial charge in [0.1, 0.15) is 28.9 Å². The molecular formula is C17H15F2N3O2. The van der Waals surface area contributed by atoms with Crippen LogP contribution in [0.25, 0.3) is 11.1 Å². The number of nitrogens with zero attached hydrogens (tertiary/aromatic N) is 1. The Morgan fingerprint density at radius 3 is 2.62 bits per heavy atom. The fourth-order valence-electron chi connectivity index (χ4n) is 2.30. The number of fused-ring (bicyclic) bond motifs is 1. The first-order valence-electron chi connectivity index (χ1n) is 7.32. The maximum absolute atomic E-state index is 13.6. The Bertz CT molecular complexity index is 888. The van der Waals surface area contributed by atoms with Gasteiger partial charge in [0.05, 0.1) is 0 Å². The summed E-state index contributed by atoms with van der Waals surface area (Å²) < 4.78 is 32.5. The van der Waals surface area contributed by atoms with Crippen molar-refractivity contribution in [3.63, 3.8) is 0 Å². The number of para-hydroxylation sites is 1. The Morgan fingerprint density at radius 1 is 1.21 bits per heavy atom. The molecule has 7 heteroatoms. The van der Waals surface area contributed by atoms with E-state index in [4.69, 9.17) is 4.42 Å². The Hall–Kier alpha value is -2.96. The van der Waals surface area contributed by atoms with E-state index < -0.39 is 29.3 Å². The SMILES string of the molecule is Cc1nc2cc(NC(C)C(=O)Nc3c(F)cccc3F)ccc2o1. The van der Waals surface area contributed by atoms with Gasteiger partial charge < -0.3 is 15.1 Å². The van der Waals surface area contributed by atoms with E-state index in [0.717, 1.165) is 12.1 Å². The van der Waals surface area contributed by atoms with Crippen LogP contribution in [0.15, 0.2) is 40.8 Å². The number of oxazole rings is 1. The minimum Gasteiger partial charge on any atom is -0.441 e. The summed E-state index contributed by atoms with van der Waals surface area (Å²) in [6, 6.07) is 7.89. The third-order valence-electron chi connectivity index (χ3n) is 3.48. The lowest BCUT2D eigenvalue weighted by Gasteiger charge is -2.15. The Labute approximate surface area is 136 Å². The molecule has 0 aliphatic carbocycles. The molecule has 0 saturated heterocycles. The second-order valence-electron chi connectivity index (χ2n) is 5.37. The largest absolute Gasteiger partial charge is 0.441 e. The zero-order chi connectivity index (χ0) is 17.3. The average molecular weight is 331 g/mol. The van der Waals surface area contributed by atoms with E-state index in [1.807, 2.05) is 0 Å². The summed E-state index contributed by atoms with van der Waals surface area (Å²) in [6.07, 6.45) is 0. The highest BCUT2D eigenvalue weighted by molar-refractivity contribution is 5.96. The molecule has 0 radical (unpaired) electrons. The van der Waals surface area contributed by atoms with Crippen molar-refractivity contribution in [3.05, 3.63) is 53.9 Å². The van der Waals surface area contributed by atoms with Crippen LogP contribution in [0.4, 0.5) is 20.2 Å². The monoisotopic (exact) mass is 331 g/mol. The smallest absolute Gasteiger partial charge is 0.246 e. The van der Waals surface area contributed by atoms with Crippen LogP contribution < -0.4 is 10.6 Å². The van der Waals surface area contributed by atoms with E-state index in [0.29, 0.717) is 22.7 Å². The fraction of sp³-hybridized carbons (Fsp3) is 0.176. The Kier molecular flexibility index (Phi) is 4.16. The molecule has 0 spiro atoms.